The molecule has 1 saturated heterocycles. The molecule has 0 aliphatic carbocycles. The van der Waals surface area contributed by atoms with Crippen LogP contribution in [0, 0.1) is 19.8 Å². The minimum Gasteiger partial charge on any atom is -0.365 e. The molecule has 3 N–H and O–H groups in total. The van der Waals surface area contributed by atoms with Crippen LogP contribution in [0.5, 0.6) is 0 Å². The summed E-state index contributed by atoms with van der Waals surface area (Å²) in [7, 11) is 0. The quantitative estimate of drug-likeness (QED) is 0.713. The summed E-state index contributed by atoms with van der Waals surface area (Å²) in [5.74, 6) is 0.726. The summed E-state index contributed by atoms with van der Waals surface area (Å²) >= 11 is 5.40. The number of quaternary nitrogens is 1. The van der Waals surface area contributed by atoms with E-state index in [4.69, 9.17) is 17.0 Å². The fraction of sp³-hybridized carbons (Fsp3) is 0.611. The third-order valence-corrected chi connectivity index (χ3v) is 4.52. The highest BCUT2D eigenvalue weighted by Gasteiger charge is 2.24. The van der Waals surface area contributed by atoms with Crippen LogP contribution in [0.2, 0.25) is 0 Å². The van der Waals surface area contributed by atoms with E-state index in [-0.39, 0.29) is 6.10 Å². The lowest BCUT2D eigenvalue weighted by atomic mass is 10.1. The van der Waals surface area contributed by atoms with Gasteiger partial charge < -0.3 is 20.3 Å². The van der Waals surface area contributed by atoms with Gasteiger partial charge in [-0.25, -0.2) is 0 Å². The van der Waals surface area contributed by atoms with Crippen LogP contribution in [0.15, 0.2) is 18.2 Å². The van der Waals surface area contributed by atoms with Crippen LogP contribution in [0.25, 0.3) is 0 Å². The van der Waals surface area contributed by atoms with E-state index in [1.807, 2.05) is 0 Å². The predicted octanol–water partition coefficient (Wildman–Crippen LogP) is 1.53. The fourth-order valence-electron chi connectivity index (χ4n) is 2.95. The molecule has 1 fully saturated rings. The third kappa shape index (κ3) is 6.09. The van der Waals surface area contributed by atoms with Gasteiger partial charge in [0.05, 0.1) is 13.2 Å². The van der Waals surface area contributed by atoms with Gasteiger partial charge in [-0.3, -0.25) is 0 Å². The van der Waals surface area contributed by atoms with Crippen LogP contribution in [0.3, 0.4) is 0 Å². The number of anilines is 1. The van der Waals surface area contributed by atoms with Crippen LogP contribution in [-0.4, -0.2) is 44.0 Å². The summed E-state index contributed by atoms with van der Waals surface area (Å²) in [4.78, 5) is 1.63. The van der Waals surface area contributed by atoms with E-state index in [1.54, 1.807) is 4.90 Å². The summed E-state index contributed by atoms with van der Waals surface area (Å²) in [6.07, 6.45) is 0.233. The fourth-order valence-corrected chi connectivity index (χ4v) is 3.15. The Morgan fingerprint density at radius 2 is 2.13 bits per heavy atom. The SMILES string of the molecule is Cc1ccc(NC(=S)NC[C@H]2C[NH+](CC(C)C)CCO2)cc1C. The molecule has 0 aromatic heterocycles. The molecule has 128 valence electrons. The van der Waals surface area contributed by atoms with Crippen molar-refractivity contribution in [3.05, 3.63) is 29.3 Å². The van der Waals surface area contributed by atoms with Gasteiger partial charge >= 0.3 is 0 Å². The van der Waals surface area contributed by atoms with Crippen molar-refractivity contribution < 1.29 is 9.64 Å². The maximum absolute atomic E-state index is 5.85. The summed E-state index contributed by atoms with van der Waals surface area (Å²) < 4.78 is 5.85. The van der Waals surface area contributed by atoms with Crippen molar-refractivity contribution in [3.8, 4) is 0 Å². The van der Waals surface area contributed by atoms with E-state index in [2.05, 4.69) is 56.5 Å². The molecular formula is C18H30N3OS+. The molecule has 0 amide bonds. The maximum Gasteiger partial charge on any atom is 0.170 e. The summed E-state index contributed by atoms with van der Waals surface area (Å²) in [5, 5.41) is 7.20. The Kier molecular flexibility index (Phi) is 6.81. The normalized spacial score (nSPS) is 21.3. The van der Waals surface area contributed by atoms with Gasteiger partial charge in [-0.1, -0.05) is 19.9 Å². The molecule has 0 radical (unpaired) electrons. The average Bonchev–Trinajstić information content (AvgIpc) is 2.49. The van der Waals surface area contributed by atoms with Gasteiger partial charge in [-0.15, -0.1) is 0 Å². The lowest BCUT2D eigenvalue weighted by molar-refractivity contribution is -0.914. The van der Waals surface area contributed by atoms with Crippen LogP contribution >= 0.6 is 12.2 Å². The molecule has 0 bridgehead atoms. The van der Waals surface area contributed by atoms with E-state index < -0.39 is 0 Å². The van der Waals surface area contributed by atoms with Crippen LogP contribution in [-0.2, 0) is 4.74 Å². The molecule has 1 heterocycles. The Hall–Kier alpha value is -1.17. The van der Waals surface area contributed by atoms with Crippen molar-refractivity contribution in [1.82, 2.24) is 5.32 Å². The Labute approximate surface area is 145 Å². The van der Waals surface area contributed by atoms with Crippen molar-refractivity contribution in [1.29, 1.82) is 0 Å². The van der Waals surface area contributed by atoms with E-state index in [0.717, 1.165) is 37.8 Å². The zero-order valence-electron chi connectivity index (χ0n) is 14.7. The molecule has 0 saturated carbocycles. The van der Waals surface area contributed by atoms with Crippen molar-refractivity contribution >= 4 is 23.0 Å². The number of nitrogens with one attached hydrogen (secondary N) is 3. The Balaban J connectivity index is 1.76. The second-order valence-electron chi connectivity index (χ2n) is 6.93. The second kappa shape index (κ2) is 8.62. The Morgan fingerprint density at radius 1 is 1.35 bits per heavy atom. The Bertz CT molecular complexity index is 533. The number of benzene rings is 1. The van der Waals surface area contributed by atoms with E-state index in [9.17, 15) is 0 Å². The number of hydrogen-bond donors (Lipinski definition) is 3. The molecule has 4 nitrogen and oxygen atoms in total. The van der Waals surface area contributed by atoms with Gasteiger partial charge in [0.25, 0.3) is 0 Å². The van der Waals surface area contributed by atoms with Crippen LogP contribution in [0.1, 0.15) is 25.0 Å². The smallest absolute Gasteiger partial charge is 0.170 e. The molecule has 1 unspecified atom stereocenters. The number of aryl methyl sites for hydroxylation is 2. The third-order valence-electron chi connectivity index (χ3n) is 4.28. The van der Waals surface area contributed by atoms with E-state index in [0.29, 0.717) is 5.11 Å². The lowest BCUT2D eigenvalue weighted by Gasteiger charge is -2.31. The number of hydrogen-bond acceptors (Lipinski definition) is 2. The molecule has 1 aromatic rings. The molecule has 2 atom stereocenters. The summed E-state index contributed by atoms with van der Waals surface area (Å²) in [6, 6.07) is 6.29. The minimum atomic E-state index is 0.233. The number of thiocarbonyl (C=S) groups is 1. The van der Waals surface area contributed by atoms with Crippen LogP contribution in [0.4, 0.5) is 5.69 Å². The first kappa shape index (κ1) is 18.2. The Morgan fingerprint density at radius 3 is 2.83 bits per heavy atom. The molecule has 1 aliphatic rings. The number of ether oxygens (including phenoxy) is 1. The summed E-state index contributed by atoms with van der Waals surface area (Å²) in [6.45, 7) is 13.8. The number of rotatable bonds is 5. The first-order valence-corrected chi connectivity index (χ1v) is 8.92. The topological polar surface area (TPSA) is 37.7 Å². The van der Waals surface area contributed by atoms with Gasteiger partial charge in [0.15, 0.2) is 5.11 Å². The van der Waals surface area contributed by atoms with Gasteiger partial charge in [0, 0.05) is 18.2 Å². The largest absolute Gasteiger partial charge is 0.365 e. The van der Waals surface area contributed by atoms with Crippen molar-refractivity contribution in [3.63, 3.8) is 0 Å². The van der Waals surface area contributed by atoms with E-state index >= 15 is 0 Å². The number of morpholine rings is 1. The van der Waals surface area contributed by atoms with E-state index in [1.165, 1.54) is 17.7 Å². The van der Waals surface area contributed by atoms with Gasteiger partial charge in [-0.05, 0) is 49.3 Å². The van der Waals surface area contributed by atoms with Gasteiger partial charge in [-0.2, -0.15) is 0 Å². The monoisotopic (exact) mass is 336 g/mol. The molecule has 1 aliphatic heterocycles. The minimum absolute atomic E-state index is 0.233. The van der Waals surface area contributed by atoms with Gasteiger partial charge in [0.1, 0.15) is 19.2 Å². The lowest BCUT2D eigenvalue weighted by Crippen LogP contribution is -3.15. The molecular weight excluding hydrogens is 306 g/mol. The first-order valence-electron chi connectivity index (χ1n) is 8.51. The van der Waals surface area contributed by atoms with Gasteiger partial charge in [0.2, 0.25) is 0 Å². The highest BCUT2D eigenvalue weighted by molar-refractivity contribution is 7.80. The maximum atomic E-state index is 5.85. The predicted molar refractivity (Wildman–Crippen MR) is 100 cm³/mol. The highest BCUT2D eigenvalue weighted by atomic mass is 32.1. The standard InChI is InChI=1S/C18H29N3OS/c1-13(2)11-21-7-8-22-17(12-21)10-19-18(23)20-16-6-5-14(3)15(4)9-16/h5-6,9,13,17H,7-8,10-12H2,1-4H3,(H2,19,20,23)/p+1/t17-/m0/s1. The molecule has 0 spiro atoms. The molecule has 5 heteroatoms. The zero-order valence-corrected chi connectivity index (χ0v) is 15.6. The van der Waals surface area contributed by atoms with Crippen molar-refractivity contribution in [2.75, 3.05) is 38.1 Å². The first-order chi connectivity index (χ1) is 10.9. The molecule has 2 rings (SSSR count). The molecule has 23 heavy (non-hydrogen) atoms. The van der Waals surface area contributed by atoms with Crippen molar-refractivity contribution in [2.45, 2.75) is 33.8 Å². The average molecular weight is 337 g/mol. The second-order valence-corrected chi connectivity index (χ2v) is 7.34. The van der Waals surface area contributed by atoms with Crippen molar-refractivity contribution in [2.24, 2.45) is 5.92 Å². The highest BCUT2D eigenvalue weighted by Crippen LogP contribution is 2.13. The molecule has 1 aromatic carbocycles. The summed E-state index contributed by atoms with van der Waals surface area (Å²) in [5.41, 5.74) is 3.59. The zero-order chi connectivity index (χ0) is 16.8. The van der Waals surface area contributed by atoms with Crippen LogP contribution < -0.4 is 15.5 Å².